The van der Waals surface area contributed by atoms with Gasteiger partial charge in [-0.15, -0.1) is 0 Å². The summed E-state index contributed by atoms with van der Waals surface area (Å²) in [5.74, 6) is -0.915. The molecule has 2 amide bonds. The molecular weight excluding hydrogens is 404 g/mol. The van der Waals surface area contributed by atoms with Crippen molar-refractivity contribution in [3.05, 3.63) is 80.9 Å². The molecule has 10 heteroatoms. The van der Waals surface area contributed by atoms with Crippen LogP contribution in [0, 0.1) is 10.1 Å². The maximum absolute atomic E-state index is 11.8. The molecule has 0 spiro atoms. The minimum Gasteiger partial charge on any atom is -0.298 e. The molecule has 0 aromatic heterocycles. The Morgan fingerprint density at radius 1 is 1.14 bits per heavy atom. The molecule has 8 nitrogen and oxygen atoms in total. The minimum absolute atomic E-state index is 0.0804. The van der Waals surface area contributed by atoms with Crippen LogP contribution in [0.25, 0.3) is 6.08 Å². The number of rotatable bonds is 5. The molecule has 0 bridgehead atoms. The molecule has 2 rings (SSSR count). The largest absolute Gasteiger partial charge is 0.298 e. The summed E-state index contributed by atoms with van der Waals surface area (Å²) in [5.41, 5.74) is 5.95. The highest BCUT2D eigenvalue weighted by molar-refractivity contribution is 7.80. The molecule has 0 radical (unpaired) electrons. The molecule has 0 heterocycles. The van der Waals surface area contributed by atoms with Crippen molar-refractivity contribution in [3.63, 3.8) is 0 Å². The second-order valence-electron chi connectivity index (χ2n) is 5.48. The van der Waals surface area contributed by atoms with Crippen LogP contribution in [-0.4, -0.2) is 21.9 Å². The van der Waals surface area contributed by atoms with Crippen molar-refractivity contribution in [1.29, 1.82) is 0 Å². The number of benzene rings is 2. The van der Waals surface area contributed by atoms with E-state index in [-0.39, 0.29) is 23.1 Å². The van der Waals surface area contributed by atoms with Gasteiger partial charge in [-0.3, -0.25) is 35.9 Å². The SMILES string of the molecule is O=C(/C=C/c1cccc([N+](=O)[O-])c1)NC(=S)NNC(=O)Cc1ccc(Cl)cc1. The summed E-state index contributed by atoms with van der Waals surface area (Å²) in [6.45, 7) is 0. The molecule has 3 N–H and O–H groups in total. The predicted octanol–water partition coefficient (Wildman–Crippen LogP) is 2.53. The average molecular weight is 419 g/mol. The number of nitrogens with one attached hydrogen (secondary N) is 3. The van der Waals surface area contributed by atoms with Gasteiger partial charge in [0.1, 0.15) is 0 Å². The fraction of sp³-hybridized carbons (Fsp3) is 0.0556. The molecule has 0 saturated heterocycles. The second kappa shape index (κ2) is 10.1. The van der Waals surface area contributed by atoms with Crippen LogP contribution in [-0.2, 0) is 16.0 Å². The third kappa shape index (κ3) is 7.14. The van der Waals surface area contributed by atoms with Crippen molar-refractivity contribution in [2.45, 2.75) is 6.42 Å². The van der Waals surface area contributed by atoms with Gasteiger partial charge in [-0.25, -0.2) is 0 Å². The summed E-state index contributed by atoms with van der Waals surface area (Å²) in [6, 6.07) is 12.6. The lowest BCUT2D eigenvalue weighted by molar-refractivity contribution is -0.384. The first-order chi connectivity index (χ1) is 13.3. The first-order valence-corrected chi connectivity index (χ1v) is 8.69. The van der Waals surface area contributed by atoms with Gasteiger partial charge in [-0.05, 0) is 41.6 Å². The Hall–Kier alpha value is -3.30. The highest BCUT2D eigenvalue weighted by Gasteiger charge is 2.06. The molecule has 0 aliphatic heterocycles. The first-order valence-electron chi connectivity index (χ1n) is 7.90. The highest BCUT2D eigenvalue weighted by atomic mass is 35.5. The van der Waals surface area contributed by atoms with E-state index >= 15 is 0 Å². The third-order valence-electron chi connectivity index (χ3n) is 3.34. The number of non-ortho nitro benzene ring substituents is 1. The van der Waals surface area contributed by atoms with E-state index < -0.39 is 10.8 Å². The lowest BCUT2D eigenvalue weighted by Crippen LogP contribution is -2.48. The summed E-state index contributed by atoms with van der Waals surface area (Å²) >= 11 is 10.7. The fourth-order valence-electron chi connectivity index (χ4n) is 2.06. The van der Waals surface area contributed by atoms with E-state index in [0.29, 0.717) is 10.6 Å². The number of carbonyl (C=O) groups is 2. The summed E-state index contributed by atoms with van der Waals surface area (Å²) in [7, 11) is 0. The summed E-state index contributed by atoms with van der Waals surface area (Å²) in [6.07, 6.45) is 2.68. The number of hydrogen-bond donors (Lipinski definition) is 3. The van der Waals surface area contributed by atoms with E-state index in [9.17, 15) is 19.7 Å². The quantitative estimate of drug-likeness (QED) is 0.297. The van der Waals surface area contributed by atoms with Crippen LogP contribution >= 0.6 is 23.8 Å². The molecule has 0 aliphatic rings. The van der Waals surface area contributed by atoms with Crippen LogP contribution in [0.3, 0.4) is 0 Å². The van der Waals surface area contributed by atoms with Crippen molar-refractivity contribution < 1.29 is 14.5 Å². The first kappa shape index (κ1) is 21.0. The summed E-state index contributed by atoms with van der Waals surface area (Å²) in [4.78, 5) is 33.9. The van der Waals surface area contributed by atoms with Gasteiger partial charge in [0.15, 0.2) is 5.11 Å². The topological polar surface area (TPSA) is 113 Å². The second-order valence-corrected chi connectivity index (χ2v) is 6.32. The molecule has 2 aromatic carbocycles. The Morgan fingerprint density at radius 3 is 2.54 bits per heavy atom. The molecule has 0 unspecified atom stereocenters. The Bertz CT molecular complexity index is 931. The van der Waals surface area contributed by atoms with Crippen LogP contribution in [0.1, 0.15) is 11.1 Å². The molecular formula is C18H15ClN4O4S. The van der Waals surface area contributed by atoms with Crippen molar-refractivity contribution in [2.24, 2.45) is 0 Å². The van der Waals surface area contributed by atoms with E-state index in [1.54, 1.807) is 30.3 Å². The van der Waals surface area contributed by atoms with Crippen LogP contribution in [0.4, 0.5) is 5.69 Å². The van der Waals surface area contributed by atoms with Crippen molar-refractivity contribution in [2.75, 3.05) is 0 Å². The van der Waals surface area contributed by atoms with Gasteiger partial charge in [-0.1, -0.05) is 35.9 Å². The molecule has 0 atom stereocenters. The summed E-state index contributed by atoms with van der Waals surface area (Å²) < 4.78 is 0. The fourth-order valence-corrected chi connectivity index (χ4v) is 2.33. The number of amides is 2. The Balaban J connectivity index is 1.78. The van der Waals surface area contributed by atoms with E-state index in [0.717, 1.165) is 5.56 Å². The molecule has 144 valence electrons. The zero-order valence-corrected chi connectivity index (χ0v) is 15.9. The van der Waals surface area contributed by atoms with Crippen LogP contribution in [0.2, 0.25) is 5.02 Å². The number of hydrazine groups is 1. The molecule has 0 saturated carbocycles. The molecule has 0 aliphatic carbocycles. The van der Waals surface area contributed by atoms with Crippen LogP contribution in [0.5, 0.6) is 0 Å². The zero-order chi connectivity index (χ0) is 20.5. The number of halogens is 1. The summed E-state index contributed by atoms with van der Waals surface area (Å²) in [5, 5.41) is 13.5. The van der Waals surface area contributed by atoms with E-state index in [4.69, 9.17) is 23.8 Å². The number of nitrogens with zero attached hydrogens (tertiary/aromatic N) is 1. The highest BCUT2D eigenvalue weighted by Crippen LogP contribution is 2.14. The molecule has 0 fully saturated rings. The predicted molar refractivity (Wildman–Crippen MR) is 109 cm³/mol. The minimum atomic E-state index is -0.559. The van der Waals surface area contributed by atoms with E-state index in [1.807, 2.05) is 0 Å². The van der Waals surface area contributed by atoms with Gasteiger partial charge in [0.2, 0.25) is 11.8 Å². The van der Waals surface area contributed by atoms with Crippen molar-refractivity contribution >= 4 is 52.5 Å². The number of thiocarbonyl (C=S) groups is 1. The Kier molecular flexibility index (Phi) is 7.61. The molecule has 28 heavy (non-hydrogen) atoms. The maximum atomic E-state index is 11.8. The van der Waals surface area contributed by atoms with Gasteiger partial charge in [-0.2, -0.15) is 0 Å². The van der Waals surface area contributed by atoms with Crippen molar-refractivity contribution in [1.82, 2.24) is 16.2 Å². The Morgan fingerprint density at radius 2 is 1.86 bits per heavy atom. The standard InChI is InChI=1S/C18H15ClN4O4S/c19-14-7-4-13(5-8-14)11-17(25)21-22-18(28)20-16(24)9-6-12-2-1-3-15(10-12)23(26)27/h1-10H,11H2,(H,21,25)(H2,20,22,24,28)/b9-6+. The number of nitro groups is 1. The Labute approximate surface area is 170 Å². The maximum Gasteiger partial charge on any atom is 0.270 e. The molecule has 2 aromatic rings. The lowest BCUT2D eigenvalue weighted by atomic mass is 10.1. The monoisotopic (exact) mass is 418 g/mol. The van der Waals surface area contributed by atoms with E-state index in [2.05, 4.69) is 16.2 Å². The van der Waals surface area contributed by atoms with Crippen molar-refractivity contribution in [3.8, 4) is 0 Å². The van der Waals surface area contributed by atoms with Gasteiger partial charge in [0, 0.05) is 23.2 Å². The van der Waals surface area contributed by atoms with Gasteiger partial charge in [0.05, 0.1) is 11.3 Å². The number of carbonyl (C=O) groups excluding carboxylic acids is 2. The average Bonchev–Trinajstić information content (AvgIpc) is 2.67. The zero-order valence-electron chi connectivity index (χ0n) is 14.3. The van der Waals surface area contributed by atoms with Gasteiger partial charge in [0.25, 0.3) is 5.69 Å². The lowest BCUT2D eigenvalue weighted by Gasteiger charge is -2.09. The van der Waals surface area contributed by atoms with Crippen LogP contribution in [0.15, 0.2) is 54.6 Å². The normalized spacial score (nSPS) is 10.3. The number of hydrogen-bond acceptors (Lipinski definition) is 5. The van der Waals surface area contributed by atoms with Crippen LogP contribution < -0.4 is 16.2 Å². The number of nitro benzene ring substituents is 1. The van der Waals surface area contributed by atoms with Gasteiger partial charge < -0.3 is 0 Å². The van der Waals surface area contributed by atoms with Gasteiger partial charge >= 0.3 is 0 Å². The smallest absolute Gasteiger partial charge is 0.270 e. The van der Waals surface area contributed by atoms with E-state index in [1.165, 1.54) is 30.4 Å². The third-order valence-corrected chi connectivity index (χ3v) is 3.79.